The van der Waals surface area contributed by atoms with Crippen LogP contribution in [0.5, 0.6) is 0 Å². The van der Waals surface area contributed by atoms with Crippen molar-refractivity contribution in [1.29, 1.82) is 0 Å². The van der Waals surface area contributed by atoms with Crippen molar-refractivity contribution in [2.75, 3.05) is 19.8 Å². The zero-order chi connectivity index (χ0) is 10.6. The van der Waals surface area contributed by atoms with Crippen LogP contribution in [-0.4, -0.2) is 42.1 Å². The molecule has 1 N–H and O–H groups in total. The summed E-state index contributed by atoms with van der Waals surface area (Å²) in [6.45, 7) is 2.75. The smallest absolute Gasteiger partial charge is 0.317 e. The Morgan fingerprint density at radius 1 is 1.57 bits per heavy atom. The van der Waals surface area contributed by atoms with Crippen LogP contribution in [0.15, 0.2) is 0 Å². The molecule has 0 saturated heterocycles. The minimum Gasteiger partial charge on any atom is -0.335 e. The standard InChI is InChI=1S/C10H20N2OS/c1-4-12(2)10(13)11-8-5-6-9(7-8)14-3/h8-9H,4-7H2,1-3H3,(H,11,13). The second-order valence-corrected chi connectivity index (χ2v) is 4.97. The van der Waals surface area contributed by atoms with Crippen LogP contribution in [0.4, 0.5) is 4.79 Å². The van der Waals surface area contributed by atoms with E-state index in [-0.39, 0.29) is 6.03 Å². The molecule has 0 spiro atoms. The van der Waals surface area contributed by atoms with E-state index in [1.54, 1.807) is 4.90 Å². The Bertz CT molecular complexity index is 199. The lowest BCUT2D eigenvalue weighted by molar-refractivity contribution is 0.207. The van der Waals surface area contributed by atoms with Gasteiger partial charge in [-0.1, -0.05) is 0 Å². The van der Waals surface area contributed by atoms with Crippen LogP contribution in [0.1, 0.15) is 26.2 Å². The Labute approximate surface area is 90.6 Å². The highest BCUT2D eigenvalue weighted by Crippen LogP contribution is 2.28. The number of nitrogens with zero attached hydrogens (tertiary/aromatic N) is 1. The second-order valence-electron chi connectivity index (χ2n) is 3.83. The average molecular weight is 216 g/mol. The summed E-state index contributed by atoms with van der Waals surface area (Å²) in [5, 5.41) is 3.81. The third-order valence-corrected chi connectivity index (χ3v) is 3.96. The highest BCUT2D eigenvalue weighted by molar-refractivity contribution is 7.99. The van der Waals surface area contributed by atoms with Crippen molar-refractivity contribution in [1.82, 2.24) is 10.2 Å². The van der Waals surface area contributed by atoms with Gasteiger partial charge in [0.05, 0.1) is 0 Å². The van der Waals surface area contributed by atoms with Crippen LogP contribution in [0.3, 0.4) is 0 Å². The summed E-state index contributed by atoms with van der Waals surface area (Å²) >= 11 is 1.91. The molecule has 0 aliphatic heterocycles. The van der Waals surface area contributed by atoms with Crippen molar-refractivity contribution in [2.45, 2.75) is 37.5 Å². The molecule has 2 amide bonds. The fraction of sp³-hybridized carbons (Fsp3) is 0.900. The van der Waals surface area contributed by atoms with Crippen molar-refractivity contribution < 1.29 is 4.79 Å². The van der Waals surface area contributed by atoms with Gasteiger partial charge in [-0.25, -0.2) is 4.79 Å². The molecule has 3 nitrogen and oxygen atoms in total. The number of rotatable bonds is 3. The number of nitrogens with one attached hydrogen (secondary N) is 1. The zero-order valence-corrected chi connectivity index (χ0v) is 10.1. The zero-order valence-electron chi connectivity index (χ0n) is 9.25. The average Bonchev–Trinajstić information content (AvgIpc) is 2.64. The molecule has 2 unspecified atom stereocenters. The van der Waals surface area contributed by atoms with Gasteiger partial charge in [-0.3, -0.25) is 0 Å². The molecule has 2 atom stereocenters. The summed E-state index contributed by atoms with van der Waals surface area (Å²) < 4.78 is 0. The van der Waals surface area contributed by atoms with Gasteiger partial charge in [0.1, 0.15) is 0 Å². The van der Waals surface area contributed by atoms with E-state index in [1.807, 2.05) is 25.7 Å². The molecule has 0 bridgehead atoms. The van der Waals surface area contributed by atoms with Gasteiger partial charge in [-0.15, -0.1) is 0 Å². The van der Waals surface area contributed by atoms with Crippen molar-refractivity contribution in [2.24, 2.45) is 0 Å². The molecule has 82 valence electrons. The van der Waals surface area contributed by atoms with Crippen LogP contribution in [0, 0.1) is 0 Å². The number of urea groups is 1. The van der Waals surface area contributed by atoms with Crippen LogP contribution in [0.25, 0.3) is 0 Å². The number of hydrogen-bond donors (Lipinski definition) is 1. The molecule has 1 fully saturated rings. The Balaban J connectivity index is 2.28. The lowest BCUT2D eigenvalue weighted by atomic mass is 10.2. The summed E-state index contributed by atoms with van der Waals surface area (Å²) in [7, 11) is 1.83. The van der Waals surface area contributed by atoms with E-state index >= 15 is 0 Å². The summed E-state index contributed by atoms with van der Waals surface area (Å²) in [6.07, 6.45) is 5.65. The number of hydrogen-bond acceptors (Lipinski definition) is 2. The fourth-order valence-corrected chi connectivity index (χ4v) is 2.51. The third kappa shape index (κ3) is 3.08. The number of amides is 2. The Kier molecular flexibility index (Phi) is 4.58. The monoisotopic (exact) mass is 216 g/mol. The van der Waals surface area contributed by atoms with E-state index in [0.717, 1.165) is 24.6 Å². The molecular formula is C10H20N2OS. The molecule has 0 heterocycles. The van der Waals surface area contributed by atoms with Gasteiger partial charge in [0.25, 0.3) is 0 Å². The van der Waals surface area contributed by atoms with Crippen molar-refractivity contribution in [3.63, 3.8) is 0 Å². The lowest BCUT2D eigenvalue weighted by Gasteiger charge is -2.19. The van der Waals surface area contributed by atoms with Gasteiger partial charge in [0.15, 0.2) is 0 Å². The number of carbonyl (C=O) groups is 1. The molecule has 0 radical (unpaired) electrons. The predicted octanol–water partition coefficient (Wildman–Crippen LogP) is 1.93. The summed E-state index contributed by atoms with van der Waals surface area (Å²) in [5.74, 6) is 0. The lowest BCUT2D eigenvalue weighted by Crippen LogP contribution is -2.42. The molecule has 4 heteroatoms. The van der Waals surface area contributed by atoms with Gasteiger partial charge < -0.3 is 10.2 Å². The largest absolute Gasteiger partial charge is 0.335 e. The maximum Gasteiger partial charge on any atom is 0.317 e. The second kappa shape index (κ2) is 5.49. The highest BCUT2D eigenvalue weighted by Gasteiger charge is 2.25. The Morgan fingerprint density at radius 2 is 2.29 bits per heavy atom. The van der Waals surface area contributed by atoms with E-state index in [9.17, 15) is 4.79 Å². The topological polar surface area (TPSA) is 32.3 Å². The van der Waals surface area contributed by atoms with Crippen molar-refractivity contribution in [3.05, 3.63) is 0 Å². The number of thioether (sulfide) groups is 1. The maximum atomic E-state index is 11.5. The van der Waals surface area contributed by atoms with Crippen LogP contribution < -0.4 is 5.32 Å². The first-order chi connectivity index (χ1) is 6.67. The molecule has 14 heavy (non-hydrogen) atoms. The SMILES string of the molecule is CCN(C)C(=O)NC1CCC(SC)C1. The van der Waals surface area contributed by atoms with Gasteiger partial charge in [-0.05, 0) is 32.4 Å². The van der Waals surface area contributed by atoms with Crippen LogP contribution >= 0.6 is 11.8 Å². The third-order valence-electron chi connectivity index (χ3n) is 2.87. The van der Waals surface area contributed by atoms with E-state index < -0.39 is 0 Å². The molecule has 1 aliphatic carbocycles. The Hall–Kier alpha value is -0.380. The minimum atomic E-state index is 0.0688. The maximum absolute atomic E-state index is 11.5. The summed E-state index contributed by atoms with van der Waals surface area (Å²) in [6, 6.07) is 0.466. The molecule has 0 aromatic heterocycles. The minimum absolute atomic E-state index is 0.0688. The molecule has 1 saturated carbocycles. The van der Waals surface area contributed by atoms with Gasteiger partial charge in [-0.2, -0.15) is 11.8 Å². The van der Waals surface area contributed by atoms with E-state index in [4.69, 9.17) is 0 Å². The van der Waals surface area contributed by atoms with Gasteiger partial charge in [0.2, 0.25) is 0 Å². The molecule has 1 rings (SSSR count). The first-order valence-corrected chi connectivity index (χ1v) is 6.50. The predicted molar refractivity (Wildman–Crippen MR) is 61.8 cm³/mol. The van der Waals surface area contributed by atoms with Crippen LogP contribution in [-0.2, 0) is 0 Å². The number of carbonyl (C=O) groups excluding carboxylic acids is 1. The van der Waals surface area contributed by atoms with Crippen molar-refractivity contribution in [3.8, 4) is 0 Å². The Morgan fingerprint density at radius 3 is 2.79 bits per heavy atom. The first kappa shape index (κ1) is 11.7. The summed E-state index contributed by atoms with van der Waals surface area (Å²) in [5.41, 5.74) is 0. The quantitative estimate of drug-likeness (QED) is 0.782. The highest BCUT2D eigenvalue weighted by atomic mass is 32.2. The molecule has 1 aliphatic rings. The van der Waals surface area contributed by atoms with Gasteiger partial charge >= 0.3 is 6.03 Å². The molecule has 0 aromatic rings. The summed E-state index contributed by atoms with van der Waals surface area (Å²) in [4.78, 5) is 13.2. The normalized spacial score (nSPS) is 26.2. The molecule has 0 aromatic carbocycles. The van der Waals surface area contributed by atoms with Crippen molar-refractivity contribution >= 4 is 17.8 Å². The first-order valence-electron chi connectivity index (χ1n) is 5.21. The van der Waals surface area contributed by atoms with E-state index in [1.165, 1.54) is 6.42 Å². The van der Waals surface area contributed by atoms with Gasteiger partial charge in [0, 0.05) is 24.9 Å². The molecular weight excluding hydrogens is 196 g/mol. The van der Waals surface area contributed by atoms with E-state index in [2.05, 4.69) is 11.6 Å². The van der Waals surface area contributed by atoms with E-state index in [0.29, 0.717) is 6.04 Å². The van der Waals surface area contributed by atoms with Crippen LogP contribution in [0.2, 0.25) is 0 Å². The fourth-order valence-electron chi connectivity index (χ4n) is 1.71.